The number of carbonyl (C=O) groups excluding carboxylic acids is 1. The second kappa shape index (κ2) is 8.37. The lowest BCUT2D eigenvalue weighted by Crippen LogP contribution is -2.36. The Hall–Kier alpha value is -2.97. The van der Waals surface area contributed by atoms with Crippen LogP contribution in [0.2, 0.25) is 0 Å². The molecule has 3 aromatic rings. The van der Waals surface area contributed by atoms with Gasteiger partial charge < -0.3 is 19.7 Å². The molecule has 0 radical (unpaired) electrons. The molecule has 0 aliphatic carbocycles. The van der Waals surface area contributed by atoms with Crippen LogP contribution in [0.5, 0.6) is 5.88 Å². The normalized spacial score (nSPS) is 14.0. The largest absolute Gasteiger partial charge is 0.481 e. The maximum Gasteiger partial charge on any atom is 0.275 e. The van der Waals surface area contributed by atoms with Crippen molar-refractivity contribution in [1.82, 2.24) is 9.97 Å². The van der Waals surface area contributed by atoms with Crippen LogP contribution in [0.3, 0.4) is 0 Å². The molecule has 1 aliphatic heterocycles. The number of ether oxygens (including phenoxy) is 2. The highest BCUT2D eigenvalue weighted by atomic mass is 32.1. The summed E-state index contributed by atoms with van der Waals surface area (Å²) in [5.74, 6) is 0.307. The van der Waals surface area contributed by atoms with Crippen molar-refractivity contribution >= 4 is 28.6 Å². The van der Waals surface area contributed by atoms with E-state index < -0.39 is 0 Å². The number of methoxy groups -OCH3 is 1. The molecule has 2 aromatic heterocycles. The SMILES string of the molecule is COc1ccc(-c2nc(C(=O)Nc3ccc(N4CCOCC4)cc3)cs2)cn1. The first-order valence-electron chi connectivity index (χ1n) is 8.93. The first kappa shape index (κ1) is 18.4. The van der Waals surface area contributed by atoms with Crippen molar-refractivity contribution in [2.24, 2.45) is 0 Å². The van der Waals surface area contributed by atoms with E-state index in [9.17, 15) is 4.79 Å². The third-order valence-electron chi connectivity index (χ3n) is 4.43. The van der Waals surface area contributed by atoms with Gasteiger partial charge in [0.05, 0.1) is 20.3 Å². The van der Waals surface area contributed by atoms with Crippen molar-refractivity contribution < 1.29 is 14.3 Å². The number of thiazole rings is 1. The molecule has 0 saturated carbocycles. The zero-order valence-electron chi connectivity index (χ0n) is 15.4. The van der Waals surface area contributed by atoms with Gasteiger partial charge in [-0.2, -0.15) is 0 Å². The molecule has 1 amide bonds. The zero-order chi connectivity index (χ0) is 19.3. The Morgan fingerprint density at radius 1 is 1.18 bits per heavy atom. The van der Waals surface area contributed by atoms with Crippen molar-refractivity contribution in [3.8, 4) is 16.5 Å². The molecule has 0 atom stereocenters. The third kappa shape index (κ3) is 4.13. The zero-order valence-corrected chi connectivity index (χ0v) is 16.2. The van der Waals surface area contributed by atoms with Crippen LogP contribution in [-0.4, -0.2) is 49.3 Å². The number of pyridine rings is 1. The van der Waals surface area contributed by atoms with E-state index in [0.717, 1.165) is 48.2 Å². The number of benzene rings is 1. The maximum atomic E-state index is 12.5. The van der Waals surface area contributed by atoms with E-state index in [1.54, 1.807) is 24.8 Å². The molecule has 3 heterocycles. The molecular formula is C20H20N4O3S. The molecule has 1 aliphatic rings. The van der Waals surface area contributed by atoms with Crippen LogP contribution >= 0.6 is 11.3 Å². The van der Waals surface area contributed by atoms with Crippen molar-refractivity contribution in [3.05, 3.63) is 53.7 Å². The Morgan fingerprint density at radius 2 is 1.96 bits per heavy atom. The summed E-state index contributed by atoms with van der Waals surface area (Å²) in [6, 6.07) is 11.5. The van der Waals surface area contributed by atoms with Crippen molar-refractivity contribution in [1.29, 1.82) is 0 Å². The van der Waals surface area contributed by atoms with Crippen LogP contribution in [0.25, 0.3) is 10.6 Å². The molecule has 4 rings (SSSR count). The second-order valence-corrected chi connectivity index (χ2v) is 7.09. The van der Waals surface area contributed by atoms with Crippen molar-refractivity contribution in [3.63, 3.8) is 0 Å². The molecule has 7 nitrogen and oxygen atoms in total. The summed E-state index contributed by atoms with van der Waals surface area (Å²) in [7, 11) is 1.57. The molecule has 28 heavy (non-hydrogen) atoms. The number of anilines is 2. The Labute approximate surface area is 167 Å². The number of amides is 1. The summed E-state index contributed by atoms with van der Waals surface area (Å²) in [5.41, 5.74) is 3.10. The number of rotatable bonds is 5. The smallest absolute Gasteiger partial charge is 0.275 e. The van der Waals surface area contributed by atoms with Gasteiger partial charge in [0.1, 0.15) is 10.7 Å². The van der Waals surface area contributed by atoms with Gasteiger partial charge in [-0.1, -0.05) is 0 Å². The fraction of sp³-hybridized carbons (Fsp3) is 0.250. The quantitative estimate of drug-likeness (QED) is 0.713. The molecule has 0 bridgehead atoms. The van der Waals surface area contributed by atoms with E-state index in [2.05, 4.69) is 20.2 Å². The van der Waals surface area contributed by atoms with Gasteiger partial charge in [0, 0.05) is 47.7 Å². The van der Waals surface area contributed by atoms with E-state index in [0.29, 0.717) is 11.6 Å². The highest BCUT2D eigenvalue weighted by Gasteiger charge is 2.14. The van der Waals surface area contributed by atoms with Gasteiger partial charge >= 0.3 is 0 Å². The summed E-state index contributed by atoms with van der Waals surface area (Å²) in [6.45, 7) is 3.25. The third-order valence-corrected chi connectivity index (χ3v) is 5.32. The van der Waals surface area contributed by atoms with Gasteiger partial charge in [-0.05, 0) is 30.3 Å². The molecule has 0 unspecified atom stereocenters. The fourth-order valence-electron chi connectivity index (χ4n) is 2.91. The molecular weight excluding hydrogens is 376 g/mol. The van der Waals surface area contributed by atoms with Gasteiger partial charge in [-0.3, -0.25) is 4.79 Å². The first-order valence-corrected chi connectivity index (χ1v) is 9.81. The minimum Gasteiger partial charge on any atom is -0.481 e. The standard InChI is InChI=1S/C20H20N4O3S/c1-26-18-7-2-14(12-21-18)20-23-17(13-28-20)19(25)22-15-3-5-16(6-4-15)24-8-10-27-11-9-24/h2-7,12-13H,8-11H2,1H3,(H,22,25). The number of aromatic nitrogens is 2. The van der Waals surface area contributed by atoms with E-state index in [1.807, 2.05) is 30.3 Å². The summed E-state index contributed by atoms with van der Waals surface area (Å²) >= 11 is 1.40. The lowest BCUT2D eigenvalue weighted by molar-refractivity contribution is 0.102. The molecule has 1 fully saturated rings. The molecule has 144 valence electrons. The van der Waals surface area contributed by atoms with Gasteiger partial charge in [0.25, 0.3) is 5.91 Å². The monoisotopic (exact) mass is 396 g/mol. The Morgan fingerprint density at radius 3 is 2.64 bits per heavy atom. The van der Waals surface area contributed by atoms with Crippen molar-refractivity contribution in [2.45, 2.75) is 0 Å². The fourth-order valence-corrected chi connectivity index (χ4v) is 3.70. The highest BCUT2D eigenvalue weighted by Crippen LogP contribution is 2.25. The molecule has 1 aromatic carbocycles. The Kier molecular flexibility index (Phi) is 5.50. The van der Waals surface area contributed by atoms with Crippen LogP contribution in [0.4, 0.5) is 11.4 Å². The second-order valence-electron chi connectivity index (χ2n) is 6.23. The number of morpholine rings is 1. The minimum atomic E-state index is -0.233. The molecule has 8 heteroatoms. The van der Waals surface area contributed by atoms with E-state index >= 15 is 0 Å². The van der Waals surface area contributed by atoms with Gasteiger partial charge in [-0.25, -0.2) is 9.97 Å². The predicted octanol–water partition coefficient (Wildman–Crippen LogP) is 3.30. The minimum absolute atomic E-state index is 0.233. The number of hydrogen-bond acceptors (Lipinski definition) is 7. The molecule has 1 N–H and O–H groups in total. The van der Waals surface area contributed by atoms with Gasteiger partial charge in [0.2, 0.25) is 5.88 Å². The number of nitrogens with one attached hydrogen (secondary N) is 1. The van der Waals surface area contributed by atoms with Crippen LogP contribution in [0, 0.1) is 0 Å². The van der Waals surface area contributed by atoms with Crippen molar-refractivity contribution in [2.75, 3.05) is 43.6 Å². The lowest BCUT2D eigenvalue weighted by atomic mass is 10.2. The summed E-state index contributed by atoms with van der Waals surface area (Å²) in [5, 5.41) is 5.38. The van der Waals surface area contributed by atoms with E-state index in [1.165, 1.54) is 11.3 Å². The maximum absolute atomic E-state index is 12.5. The number of carbonyl (C=O) groups is 1. The predicted molar refractivity (Wildman–Crippen MR) is 109 cm³/mol. The van der Waals surface area contributed by atoms with Gasteiger partial charge in [-0.15, -0.1) is 11.3 Å². The Bertz CT molecular complexity index is 935. The number of nitrogens with zero attached hydrogens (tertiary/aromatic N) is 3. The van der Waals surface area contributed by atoms with Gasteiger partial charge in [0.15, 0.2) is 0 Å². The summed E-state index contributed by atoms with van der Waals surface area (Å²) in [6.07, 6.45) is 1.68. The molecule has 1 saturated heterocycles. The van der Waals surface area contributed by atoms with E-state index in [4.69, 9.17) is 9.47 Å². The topological polar surface area (TPSA) is 76.6 Å². The average Bonchev–Trinajstić information content (AvgIpc) is 3.25. The van der Waals surface area contributed by atoms with E-state index in [-0.39, 0.29) is 5.91 Å². The van der Waals surface area contributed by atoms with Crippen LogP contribution in [0.1, 0.15) is 10.5 Å². The molecule has 0 spiro atoms. The first-order chi connectivity index (χ1) is 13.7. The van der Waals surface area contributed by atoms with Crippen LogP contribution in [-0.2, 0) is 4.74 Å². The summed E-state index contributed by atoms with van der Waals surface area (Å²) < 4.78 is 10.4. The number of hydrogen-bond donors (Lipinski definition) is 1. The van der Waals surface area contributed by atoms with Crippen LogP contribution in [0.15, 0.2) is 48.0 Å². The lowest BCUT2D eigenvalue weighted by Gasteiger charge is -2.28. The summed E-state index contributed by atoms with van der Waals surface area (Å²) in [4.78, 5) is 23.4. The Balaban J connectivity index is 1.41. The van der Waals surface area contributed by atoms with Crippen LogP contribution < -0.4 is 15.0 Å². The highest BCUT2D eigenvalue weighted by molar-refractivity contribution is 7.13. The average molecular weight is 396 g/mol.